The Morgan fingerprint density at radius 1 is 1.41 bits per heavy atom. The van der Waals surface area contributed by atoms with Crippen LogP contribution < -0.4 is 11.1 Å². The van der Waals surface area contributed by atoms with Crippen LogP contribution in [0.1, 0.15) is 50.7 Å². The first-order valence-corrected chi connectivity index (χ1v) is 7.95. The van der Waals surface area contributed by atoms with Gasteiger partial charge >= 0.3 is 0 Å². The molecule has 1 fully saturated rings. The third-order valence-corrected chi connectivity index (χ3v) is 4.31. The van der Waals surface area contributed by atoms with Gasteiger partial charge in [-0.1, -0.05) is 18.6 Å². The first-order chi connectivity index (χ1) is 10.5. The maximum atomic E-state index is 12.9. The fourth-order valence-electron chi connectivity index (χ4n) is 3.04. The average molecular weight is 308 g/mol. The predicted octanol–water partition coefficient (Wildman–Crippen LogP) is 2.27. The standard InChI is InChI=1S/C17H25FN2O2/c1-11(9-16(21)12-5-7-14(18)8-6-12)20-17(22)13-3-2-4-15(19)10-13/h5-8,11,13,15-16,21H,2-4,9-10,19H2,1H3,(H,20,22). The molecule has 4 N–H and O–H groups in total. The Labute approximate surface area is 130 Å². The van der Waals surface area contributed by atoms with Crippen LogP contribution in [-0.4, -0.2) is 23.1 Å². The summed E-state index contributed by atoms with van der Waals surface area (Å²) in [5.74, 6) is -0.325. The van der Waals surface area contributed by atoms with Gasteiger partial charge in [0.25, 0.3) is 0 Å². The molecule has 5 heteroatoms. The van der Waals surface area contributed by atoms with Gasteiger partial charge in [0, 0.05) is 18.0 Å². The monoisotopic (exact) mass is 308 g/mol. The van der Waals surface area contributed by atoms with E-state index in [2.05, 4.69) is 5.32 Å². The number of carbonyl (C=O) groups excluding carboxylic acids is 1. The number of aliphatic hydroxyl groups excluding tert-OH is 1. The van der Waals surface area contributed by atoms with E-state index < -0.39 is 6.10 Å². The Morgan fingerprint density at radius 2 is 2.09 bits per heavy atom. The van der Waals surface area contributed by atoms with Crippen LogP contribution in [0.2, 0.25) is 0 Å². The number of hydrogen-bond donors (Lipinski definition) is 3. The minimum Gasteiger partial charge on any atom is -0.388 e. The number of rotatable bonds is 5. The van der Waals surface area contributed by atoms with Crippen LogP contribution in [0.4, 0.5) is 4.39 Å². The summed E-state index contributed by atoms with van der Waals surface area (Å²) in [6.07, 6.45) is 3.28. The highest BCUT2D eigenvalue weighted by Crippen LogP contribution is 2.24. The molecule has 0 heterocycles. The smallest absolute Gasteiger partial charge is 0.223 e. The molecule has 0 bridgehead atoms. The fourth-order valence-corrected chi connectivity index (χ4v) is 3.04. The zero-order valence-electron chi connectivity index (χ0n) is 13.0. The quantitative estimate of drug-likeness (QED) is 0.781. The van der Waals surface area contributed by atoms with Crippen molar-refractivity contribution in [3.05, 3.63) is 35.6 Å². The average Bonchev–Trinajstić information content (AvgIpc) is 2.47. The molecular formula is C17H25FN2O2. The molecular weight excluding hydrogens is 283 g/mol. The van der Waals surface area contributed by atoms with E-state index in [9.17, 15) is 14.3 Å². The Balaban J connectivity index is 1.82. The number of carbonyl (C=O) groups is 1. The number of amides is 1. The topological polar surface area (TPSA) is 75.3 Å². The van der Waals surface area contributed by atoms with E-state index >= 15 is 0 Å². The summed E-state index contributed by atoms with van der Waals surface area (Å²) >= 11 is 0. The highest BCUT2D eigenvalue weighted by molar-refractivity contribution is 5.79. The van der Waals surface area contributed by atoms with Gasteiger partial charge in [-0.05, 0) is 50.3 Å². The highest BCUT2D eigenvalue weighted by Gasteiger charge is 2.26. The van der Waals surface area contributed by atoms with Gasteiger partial charge in [0.15, 0.2) is 0 Å². The van der Waals surface area contributed by atoms with Gasteiger partial charge in [-0.3, -0.25) is 4.79 Å². The third-order valence-electron chi connectivity index (χ3n) is 4.31. The molecule has 1 aromatic rings. The lowest BCUT2D eigenvalue weighted by Gasteiger charge is -2.27. The van der Waals surface area contributed by atoms with Crippen LogP contribution in [0, 0.1) is 11.7 Å². The lowest BCUT2D eigenvalue weighted by atomic mass is 9.85. The third kappa shape index (κ3) is 4.78. The lowest BCUT2D eigenvalue weighted by Crippen LogP contribution is -2.41. The number of nitrogens with one attached hydrogen (secondary N) is 1. The van der Waals surface area contributed by atoms with E-state index in [1.165, 1.54) is 12.1 Å². The van der Waals surface area contributed by atoms with Gasteiger partial charge in [-0.15, -0.1) is 0 Å². The molecule has 0 aliphatic heterocycles. The van der Waals surface area contributed by atoms with Gasteiger partial charge in [0.2, 0.25) is 5.91 Å². The Hall–Kier alpha value is -1.46. The molecule has 122 valence electrons. The van der Waals surface area contributed by atoms with E-state index in [-0.39, 0.29) is 29.7 Å². The van der Waals surface area contributed by atoms with Crippen molar-refractivity contribution in [3.8, 4) is 0 Å². The molecule has 0 spiro atoms. The molecule has 4 nitrogen and oxygen atoms in total. The van der Waals surface area contributed by atoms with Crippen LogP contribution in [0.15, 0.2) is 24.3 Å². The number of hydrogen-bond acceptors (Lipinski definition) is 3. The number of nitrogens with two attached hydrogens (primary N) is 1. The second-order valence-electron chi connectivity index (χ2n) is 6.34. The molecule has 0 saturated heterocycles. The Bertz CT molecular complexity index is 492. The highest BCUT2D eigenvalue weighted by atomic mass is 19.1. The Morgan fingerprint density at radius 3 is 2.73 bits per heavy atom. The summed E-state index contributed by atoms with van der Waals surface area (Å²) < 4.78 is 12.9. The molecule has 1 aliphatic carbocycles. The number of halogens is 1. The molecule has 0 aromatic heterocycles. The molecule has 1 aromatic carbocycles. The molecule has 1 amide bonds. The van der Waals surface area contributed by atoms with E-state index in [0.717, 1.165) is 25.7 Å². The van der Waals surface area contributed by atoms with Crippen molar-refractivity contribution in [3.63, 3.8) is 0 Å². The largest absolute Gasteiger partial charge is 0.388 e. The molecule has 4 atom stereocenters. The minimum absolute atomic E-state index is 0.0193. The molecule has 0 radical (unpaired) electrons. The maximum absolute atomic E-state index is 12.9. The second-order valence-corrected chi connectivity index (χ2v) is 6.34. The van der Waals surface area contributed by atoms with Crippen molar-refractivity contribution in [1.29, 1.82) is 0 Å². The SMILES string of the molecule is CC(CC(O)c1ccc(F)cc1)NC(=O)C1CCCC(N)C1. The molecule has 1 saturated carbocycles. The summed E-state index contributed by atoms with van der Waals surface area (Å²) in [6, 6.07) is 5.75. The first kappa shape index (κ1) is 16.9. The van der Waals surface area contributed by atoms with Crippen LogP contribution in [0.3, 0.4) is 0 Å². The van der Waals surface area contributed by atoms with Crippen LogP contribution in [0.5, 0.6) is 0 Å². The molecule has 4 unspecified atom stereocenters. The van der Waals surface area contributed by atoms with Gasteiger partial charge in [0.05, 0.1) is 6.10 Å². The van der Waals surface area contributed by atoms with Gasteiger partial charge in [0.1, 0.15) is 5.82 Å². The molecule has 1 aliphatic rings. The fraction of sp³-hybridized carbons (Fsp3) is 0.588. The van der Waals surface area contributed by atoms with Gasteiger partial charge in [-0.25, -0.2) is 4.39 Å². The van der Waals surface area contributed by atoms with Crippen LogP contribution >= 0.6 is 0 Å². The van der Waals surface area contributed by atoms with Crippen LogP contribution in [-0.2, 0) is 4.79 Å². The zero-order chi connectivity index (χ0) is 16.1. The van der Waals surface area contributed by atoms with E-state index in [1.54, 1.807) is 12.1 Å². The van der Waals surface area contributed by atoms with Crippen molar-refractivity contribution in [2.24, 2.45) is 11.7 Å². The molecule has 22 heavy (non-hydrogen) atoms. The normalized spacial score (nSPS) is 24.5. The van der Waals surface area contributed by atoms with Gasteiger partial charge in [-0.2, -0.15) is 0 Å². The predicted molar refractivity (Wildman–Crippen MR) is 83.5 cm³/mol. The second kappa shape index (κ2) is 7.70. The van der Waals surface area contributed by atoms with E-state index in [4.69, 9.17) is 5.73 Å². The van der Waals surface area contributed by atoms with Crippen LogP contribution in [0.25, 0.3) is 0 Å². The zero-order valence-corrected chi connectivity index (χ0v) is 13.0. The van der Waals surface area contributed by atoms with E-state index in [0.29, 0.717) is 12.0 Å². The van der Waals surface area contributed by atoms with Crippen molar-refractivity contribution in [2.75, 3.05) is 0 Å². The minimum atomic E-state index is -0.718. The number of benzene rings is 1. The Kier molecular flexibility index (Phi) is 5.91. The summed E-state index contributed by atoms with van der Waals surface area (Å²) in [7, 11) is 0. The summed E-state index contributed by atoms with van der Waals surface area (Å²) in [5, 5.41) is 13.1. The maximum Gasteiger partial charge on any atom is 0.223 e. The summed E-state index contributed by atoms with van der Waals surface area (Å²) in [5.41, 5.74) is 6.57. The van der Waals surface area contributed by atoms with Crippen molar-refractivity contribution in [2.45, 2.75) is 57.2 Å². The van der Waals surface area contributed by atoms with Crippen molar-refractivity contribution in [1.82, 2.24) is 5.32 Å². The molecule has 2 rings (SSSR count). The lowest BCUT2D eigenvalue weighted by molar-refractivity contribution is -0.126. The van der Waals surface area contributed by atoms with Gasteiger partial charge < -0.3 is 16.2 Å². The summed E-state index contributed by atoms with van der Waals surface area (Å²) in [4.78, 5) is 12.2. The first-order valence-electron chi connectivity index (χ1n) is 7.95. The van der Waals surface area contributed by atoms with Crippen molar-refractivity contribution >= 4 is 5.91 Å². The number of aliphatic hydroxyl groups is 1. The summed E-state index contributed by atoms with van der Waals surface area (Å²) in [6.45, 7) is 1.87. The van der Waals surface area contributed by atoms with E-state index in [1.807, 2.05) is 6.92 Å². The van der Waals surface area contributed by atoms with Crippen molar-refractivity contribution < 1.29 is 14.3 Å².